The van der Waals surface area contributed by atoms with Gasteiger partial charge in [-0.1, -0.05) is 13.0 Å². The maximum absolute atomic E-state index is 12.8. The number of benzene rings is 1. The third-order valence-corrected chi connectivity index (χ3v) is 3.83. The molecule has 1 amide bonds. The number of piperidine rings is 1. The van der Waals surface area contributed by atoms with Crippen molar-refractivity contribution in [2.75, 3.05) is 33.9 Å². The molecule has 0 bridgehead atoms. The molecule has 0 saturated carbocycles. The molecule has 1 aliphatic rings. The van der Waals surface area contributed by atoms with Crippen LogP contribution in [0.5, 0.6) is 11.5 Å². The van der Waals surface area contributed by atoms with Gasteiger partial charge in [0.05, 0.1) is 19.8 Å². The second kappa shape index (κ2) is 7.31. The number of hydrogen-bond acceptors (Lipinski definition) is 4. The van der Waals surface area contributed by atoms with E-state index in [0.29, 0.717) is 23.1 Å². The van der Waals surface area contributed by atoms with Gasteiger partial charge < -0.3 is 19.7 Å². The number of nitrogens with zero attached hydrogens (tertiary/aromatic N) is 1. The fourth-order valence-corrected chi connectivity index (χ4v) is 2.84. The first-order chi connectivity index (χ1) is 10.2. The number of carbonyl (C=O) groups excluding carboxylic acids is 1. The second-order valence-electron chi connectivity index (χ2n) is 5.19. The van der Waals surface area contributed by atoms with Crippen LogP contribution in [-0.4, -0.2) is 50.7 Å². The maximum Gasteiger partial charge on any atom is 0.257 e. The number of methoxy groups -OCH3 is 2. The van der Waals surface area contributed by atoms with Crippen molar-refractivity contribution in [3.63, 3.8) is 0 Å². The standard InChI is InChI=1S/C16H24N2O3/c1-4-17-12-7-6-10-18(11-12)16(19)13-8-5-9-14(20-2)15(13)21-3/h5,8-9,12,17H,4,6-7,10-11H2,1-3H3. The first-order valence-electron chi connectivity index (χ1n) is 7.44. The quantitative estimate of drug-likeness (QED) is 0.901. The lowest BCUT2D eigenvalue weighted by Crippen LogP contribution is -2.48. The number of ether oxygens (including phenoxy) is 2. The first-order valence-corrected chi connectivity index (χ1v) is 7.44. The Hall–Kier alpha value is -1.75. The van der Waals surface area contributed by atoms with Crippen molar-refractivity contribution in [1.82, 2.24) is 10.2 Å². The fourth-order valence-electron chi connectivity index (χ4n) is 2.84. The lowest BCUT2D eigenvalue weighted by Gasteiger charge is -2.33. The molecule has 5 heteroatoms. The van der Waals surface area contributed by atoms with Crippen LogP contribution in [0.1, 0.15) is 30.1 Å². The van der Waals surface area contributed by atoms with E-state index in [2.05, 4.69) is 12.2 Å². The van der Waals surface area contributed by atoms with Crippen molar-refractivity contribution in [2.45, 2.75) is 25.8 Å². The van der Waals surface area contributed by atoms with Crippen molar-refractivity contribution < 1.29 is 14.3 Å². The average Bonchev–Trinajstić information content (AvgIpc) is 2.53. The zero-order chi connectivity index (χ0) is 15.2. The predicted molar refractivity (Wildman–Crippen MR) is 82.1 cm³/mol. The summed E-state index contributed by atoms with van der Waals surface area (Å²) in [7, 11) is 3.14. The van der Waals surface area contributed by atoms with E-state index in [9.17, 15) is 4.79 Å². The molecule has 1 N–H and O–H groups in total. The molecule has 116 valence electrons. The SMILES string of the molecule is CCNC1CCCN(C(=O)c2cccc(OC)c2OC)C1. The van der Waals surface area contributed by atoms with Gasteiger partial charge >= 0.3 is 0 Å². The van der Waals surface area contributed by atoms with Gasteiger partial charge in [-0.3, -0.25) is 4.79 Å². The molecular weight excluding hydrogens is 268 g/mol. The van der Waals surface area contributed by atoms with Crippen LogP contribution in [0, 0.1) is 0 Å². The van der Waals surface area contributed by atoms with Gasteiger partial charge in [0.2, 0.25) is 0 Å². The minimum absolute atomic E-state index is 0.00773. The van der Waals surface area contributed by atoms with Crippen LogP contribution in [0.2, 0.25) is 0 Å². The highest BCUT2D eigenvalue weighted by Crippen LogP contribution is 2.32. The van der Waals surface area contributed by atoms with Gasteiger partial charge in [-0.15, -0.1) is 0 Å². The van der Waals surface area contributed by atoms with Gasteiger partial charge in [0.15, 0.2) is 11.5 Å². The molecule has 1 atom stereocenters. The number of nitrogens with one attached hydrogen (secondary N) is 1. The van der Waals surface area contributed by atoms with Crippen LogP contribution < -0.4 is 14.8 Å². The molecule has 0 spiro atoms. The number of carbonyl (C=O) groups is 1. The van der Waals surface area contributed by atoms with Crippen LogP contribution in [0.15, 0.2) is 18.2 Å². The summed E-state index contributed by atoms with van der Waals surface area (Å²) >= 11 is 0. The molecule has 1 unspecified atom stereocenters. The molecule has 21 heavy (non-hydrogen) atoms. The Balaban J connectivity index is 2.19. The third kappa shape index (κ3) is 3.47. The van der Waals surface area contributed by atoms with E-state index in [1.807, 2.05) is 11.0 Å². The van der Waals surface area contributed by atoms with Gasteiger partial charge in [0.25, 0.3) is 5.91 Å². The van der Waals surface area contributed by atoms with Crippen molar-refractivity contribution in [1.29, 1.82) is 0 Å². The molecule has 0 aromatic heterocycles. The lowest BCUT2D eigenvalue weighted by atomic mass is 10.0. The first kappa shape index (κ1) is 15.6. The van der Waals surface area contributed by atoms with Crippen molar-refractivity contribution in [3.8, 4) is 11.5 Å². The zero-order valence-electron chi connectivity index (χ0n) is 13.0. The van der Waals surface area contributed by atoms with Crippen molar-refractivity contribution in [3.05, 3.63) is 23.8 Å². The Morgan fingerprint density at radius 3 is 2.86 bits per heavy atom. The van der Waals surface area contributed by atoms with Gasteiger partial charge in [-0.2, -0.15) is 0 Å². The van der Waals surface area contributed by atoms with E-state index in [1.54, 1.807) is 26.4 Å². The van der Waals surface area contributed by atoms with Gasteiger partial charge in [-0.25, -0.2) is 0 Å². The number of hydrogen-bond donors (Lipinski definition) is 1. The van der Waals surface area contributed by atoms with Crippen LogP contribution in [0.25, 0.3) is 0 Å². The highest BCUT2D eigenvalue weighted by Gasteiger charge is 2.26. The van der Waals surface area contributed by atoms with Crippen molar-refractivity contribution in [2.24, 2.45) is 0 Å². The molecule has 1 aromatic rings. The van der Waals surface area contributed by atoms with E-state index in [1.165, 1.54) is 0 Å². The molecular formula is C16H24N2O3. The number of likely N-dealkylation sites (N-methyl/N-ethyl adjacent to an activating group) is 1. The molecule has 1 saturated heterocycles. The average molecular weight is 292 g/mol. The molecule has 0 radical (unpaired) electrons. The number of likely N-dealkylation sites (tertiary alicyclic amines) is 1. The third-order valence-electron chi connectivity index (χ3n) is 3.83. The molecule has 2 rings (SSSR count). The van der Waals surface area contributed by atoms with Gasteiger partial charge in [0, 0.05) is 19.1 Å². The minimum atomic E-state index is 0.00773. The van der Waals surface area contributed by atoms with E-state index < -0.39 is 0 Å². The van der Waals surface area contributed by atoms with E-state index >= 15 is 0 Å². The van der Waals surface area contributed by atoms with E-state index in [-0.39, 0.29) is 5.91 Å². The fraction of sp³-hybridized carbons (Fsp3) is 0.562. The number of rotatable bonds is 5. The molecule has 5 nitrogen and oxygen atoms in total. The van der Waals surface area contributed by atoms with Gasteiger partial charge in [-0.05, 0) is 31.5 Å². The smallest absolute Gasteiger partial charge is 0.257 e. The highest BCUT2D eigenvalue weighted by molar-refractivity contribution is 5.98. The van der Waals surface area contributed by atoms with Crippen LogP contribution in [0.4, 0.5) is 0 Å². The number of para-hydroxylation sites is 1. The Morgan fingerprint density at radius 2 is 2.19 bits per heavy atom. The Bertz CT molecular complexity index is 488. The summed E-state index contributed by atoms with van der Waals surface area (Å²) < 4.78 is 10.6. The summed E-state index contributed by atoms with van der Waals surface area (Å²) in [6.45, 7) is 4.55. The Morgan fingerprint density at radius 1 is 1.38 bits per heavy atom. The summed E-state index contributed by atoms with van der Waals surface area (Å²) in [6, 6.07) is 5.79. The molecule has 0 aliphatic carbocycles. The van der Waals surface area contributed by atoms with E-state index in [0.717, 1.165) is 32.5 Å². The summed E-state index contributed by atoms with van der Waals surface area (Å²) in [5.41, 5.74) is 0.564. The number of amides is 1. The van der Waals surface area contributed by atoms with E-state index in [4.69, 9.17) is 9.47 Å². The summed E-state index contributed by atoms with van der Waals surface area (Å²) in [5.74, 6) is 1.10. The Labute approximate surface area is 126 Å². The summed E-state index contributed by atoms with van der Waals surface area (Å²) in [5, 5.41) is 3.42. The summed E-state index contributed by atoms with van der Waals surface area (Å²) in [4.78, 5) is 14.7. The normalized spacial score (nSPS) is 18.4. The van der Waals surface area contributed by atoms with Crippen LogP contribution in [-0.2, 0) is 0 Å². The van der Waals surface area contributed by atoms with Gasteiger partial charge in [0.1, 0.15) is 0 Å². The molecule has 1 heterocycles. The maximum atomic E-state index is 12.8. The lowest BCUT2D eigenvalue weighted by molar-refractivity contribution is 0.0691. The molecule has 1 aliphatic heterocycles. The molecule has 1 fully saturated rings. The zero-order valence-corrected chi connectivity index (χ0v) is 13.0. The largest absolute Gasteiger partial charge is 0.493 e. The monoisotopic (exact) mass is 292 g/mol. The van der Waals surface area contributed by atoms with Crippen LogP contribution >= 0.6 is 0 Å². The minimum Gasteiger partial charge on any atom is -0.493 e. The van der Waals surface area contributed by atoms with Crippen molar-refractivity contribution >= 4 is 5.91 Å². The van der Waals surface area contributed by atoms with Crippen LogP contribution in [0.3, 0.4) is 0 Å². The Kier molecular flexibility index (Phi) is 5.44. The topological polar surface area (TPSA) is 50.8 Å². The predicted octanol–water partition coefficient (Wildman–Crippen LogP) is 1.92. The second-order valence-corrected chi connectivity index (χ2v) is 5.19. The summed E-state index contributed by atoms with van der Waals surface area (Å²) in [6.07, 6.45) is 2.14. The molecule has 1 aromatic carbocycles. The highest BCUT2D eigenvalue weighted by atomic mass is 16.5.